The molecule has 8 nitrogen and oxygen atoms in total. The molecule has 3 N–H and O–H groups in total. The van der Waals surface area contributed by atoms with Gasteiger partial charge in [0.05, 0.1) is 6.61 Å². The molecule has 0 unspecified atom stereocenters. The molecule has 190 valence electrons. The van der Waals surface area contributed by atoms with Crippen LogP contribution in [-0.2, 0) is 9.47 Å². The van der Waals surface area contributed by atoms with Crippen molar-refractivity contribution in [2.75, 3.05) is 13.2 Å². The minimum absolute atomic E-state index is 0.380. The van der Waals surface area contributed by atoms with Crippen molar-refractivity contribution in [3.05, 3.63) is 33.1 Å². The van der Waals surface area contributed by atoms with E-state index in [1.54, 1.807) is 0 Å². The van der Waals surface area contributed by atoms with Crippen molar-refractivity contribution in [3.8, 4) is 0 Å². The van der Waals surface area contributed by atoms with Gasteiger partial charge in [-0.1, -0.05) is 90.4 Å². The molecule has 2 heterocycles. The van der Waals surface area contributed by atoms with Crippen molar-refractivity contribution in [1.82, 2.24) is 9.55 Å². The van der Waals surface area contributed by atoms with E-state index in [1.807, 2.05) is 0 Å². The lowest BCUT2D eigenvalue weighted by Crippen LogP contribution is -2.39. The van der Waals surface area contributed by atoms with E-state index >= 15 is 0 Å². The molecule has 2 rings (SSSR count). The number of ether oxygens (including phenoxy) is 2. The fraction of sp³-hybridized carbons (Fsp3) is 0.840. The summed E-state index contributed by atoms with van der Waals surface area (Å²) >= 11 is 0. The molecule has 1 aromatic rings. The van der Waals surface area contributed by atoms with Gasteiger partial charge in [-0.05, 0) is 6.42 Å². The van der Waals surface area contributed by atoms with Gasteiger partial charge in [0.25, 0.3) is 5.56 Å². The number of nitrogens with zero attached hydrogens (tertiary/aromatic N) is 1. The molecule has 0 amide bonds. The van der Waals surface area contributed by atoms with Crippen LogP contribution in [0.2, 0.25) is 0 Å². The number of rotatable bonds is 18. The third kappa shape index (κ3) is 9.73. The topological polar surface area (TPSA) is 114 Å². The lowest BCUT2D eigenvalue weighted by molar-refractivity contribution is -0.0749. The molecule has 1 aromatic heterocycles. The van der Waals surface area contributed by atoms with Gasteiger partial charge in [0, 0.05) is 18.9 Å². The van der Waals surface area contributed by atoms with E-state index in [1.165, 1.54) is 87.5 Å². The molecule has 1 aliphatic rings. The summed E-state index contributed by atoms with van der Waals surface area (Å²) in [5.74, 6) is 0. The van der Waals surface area contributed by atoms with Gasteiger partial charge in [0.1, 0.15) is 18.3 Å². The first-order valence-electron chi connectivity index (χ1n) is 13.0. The molecule has 4 atom stereocenters. The molecule has 8 heteroatoms. The summed E-state index contributed by atoms with van der Waals surface area (Å²) in [5, 5.41) is 19.9. The first-order chi connectivity index (χ1) is 16.1. The number of nitrogens with one attached hydrogen (secondary N) is 1. The van der Waals surface area contributed by atoms with Crippen molar-refractivity contribution in [2.24, 2.45) is 0 Å². The molecule has 0 aromatic carbocycles. The summed E-state index contributed by atoms with van der Waals surface area (Å²) in [5.41, 5.74) is -1.14. The fourth-order valence-corrected chi connectivity index (χ4v) is 4.42. The molecule has 0 spiro atoms. The van der Waals surface area contributed by atoms with Crippen LogP contribution in [0.5, 0.6) is 0 Å². The van der Waals surface area contributed by atoms with Gasteiger partial charge >= 0.3 is 5.69 Å². The second-order valence-electron chi connectivity index (χ2n) is 9.19. The van der Waals surface area contributed by atoms with Gasteiger partial charge in [-0.2, -0.15) is 0 Å². The largest absolute Gasteiger partial charge is 0.394 e. The van der Waals surface area contributed by atoms with Crippen LogP contribution in [0.25, 0.3) is 0 Å². The first-order valence-corrected chi connectivity index (χ1v) is 13.0. The number of H-pyrrole nitrogens is 1. The van der Waals surface area contributed by atoms with Gasteiger partial charge in [-0.3, -0.25) is 14.3 Å². The van der Waals surface area contributed by atoms with Gasteiger partial charge in [-0.25, -0.2) is 4.79 Å². The molecule has 0 saturated carbocycles. The minimum atomic E-state index is -1.05. The van der Waals surface area contributed by atoms with Crippen LogP contribution in [-0.4, -0.2) is 51.3 Å². The van der Waals surface area contributed by atoms with Crippen LogP contribution in [0, 0.1) is 0 Å². The number of aromatic amines is 1. The molecular formula is C25H44N2O6. The van der Waals surface area contributed by atoms with Crippen LogP contribution in [0.1, 0.15) is 103 Å². The monoisotopic (exact) mass is 468 g/mol. The highest BCUT2D eigenvalue weighted by molar-refractivity contribution is 4.94. The Morgan fingerprint density at radius 2 is 1.48 bits per heavy atom. The SMILES string of the molecule is CCCCCCCCCCCCCCCCO[C@@H]1[C@@H](O)[C@@H](CO)O[C@H]1n1ccc(=O)[nH]c1=O. The van der Waals surface area contributed by atoms with Crippen molar-refractivity contribution in [2.45, 2.75) is 121 Å². The summed E-state index contributed by atoms with van der Waals surface area (Å²) in [4.78, 5) is 25.6. The van der Waals surface area contributed by atoms with Crippen LogP contribution in [0.3, 0.4) is 0 Å². The highest BCUT2D eigenvalue weighted by Crippen LogP contribution is 2.30. The van der Waals surface area contributed by atoms with E-state index in [2.05, 4.69) is 11.9 Å². The average molecular weight is 469 g/mol. The Labute approximate surface area is 197 Å². The zero-order chi connectivity index (χ0) is 23.9. The van der Waals surface area contributed by atoms with E-state index in [4.69, 9.17) is 9.47 Å². The molecule has 0 bridgehead atoms. The molecular weight excluding hydrogens is 424 g/mol. The normalized spacial score (nSPS) is 22.8. The Morgan fingerprint density at radius 3 is 2.00 bits per heavy atom. The highest BCUT2D eigenvalue weighted by atomic mass is 16.6. The molecule has 33 heavy (non-hydrogen) atoms. The standard InChI is InChI=1S/C25H44N2O6/c1-2-3-4-5-6-7-8-9-10-11-12-13-14-15-18-32-23-22(30)20(19-28)33-24(23)27-17-16-21(29)26-25(27)31/h16-17,20,22-24,28,30H,2-15,18-19H2,1H3,(H,26,29,31)/t20-,22+,23-,24-/m1/s1. The Balaban J connectivity index is 1.58. The highest BCUT2D eigenvalue weighted by Gasteiger charge is 2.45. The predicted molar refractivity (Wildman–Crippen MR) is 128 cm³/mol. The average Bonchev–Trinajstić information content (AvgIpc) is 3.11. The number of aliphatic hydroxyl groups excluding tert-OH is 2. The van der Waals surface area contributed by atoms with E-state index in [0.717, 1.165) is 19.3 Å². The van der Waals surface area contributed by atoms with Crippen LogP contribution in [0.4, 0.5) is 0 Å². The summed E-state index contributed by atoms with van der Waals surface area (Å²) in [6, 6.07) is 1.22. The molecule has 0 radical (unpaired) electrons. The third-order valence-electron chi connectivity index (χ3n) is 6.43. The Kier molecular flexibility index (Phi) is 13.6. The minimum Gasteiger partial charge on any atom is -0.394 e. The van der Waals surface area contributed by atoms with Gasteiger partial charge < -0.3 is 19.7 Å². The van der Waals surface area contributed by atoms with Crippen molar-refractivity contribution >= 4 is 0 Å². The molecule has 0 aliphatic carbocycles. The second-order valence-corrected chi connectivity index (χ2v) is 9.19. The van der Waals surface area contributed by atoms with Crippen molar-refractivity contribution < 1.29 is 19.7 Å². The maximum absolute atomic E-state index is 12.1. The molecule has 1 fully saturated rings. The smallest absolute Gasteiger partial charge is 0.330 e. The van der Waals surface area contributed by atoms with Crippen LogP contribution < -0.4 is 11.2 Å². The van der Waals surface area contributed by atoms with Crippen LogP contribution in [0.15, 0.2) is 21.9 Å². The van der Waals surface area contributed by atoms with Gasteiger partial charge in [0.2, 0.25) is 0 Å². The maximum Gasteiger partial charge on any atom is 0.330 e. The van der Waals surface area contributed by atoms with Crippen molar-refractivity contribution in [1.29, 1.82) is 0 Å². The van der Waals surface area contributed by atoms with Crippen LogP contribution >= 0.6 is 0 Å². The Morgan fingerprint density at radius 1 is 0.939 bits per heavy atom. The Bertz CT molecular complexity index is 749. The number of hydrogen-bond donors (Lipinski definition) is 3. The summed E-state index contributed by atoms with van der Waals surface area (Å²) in [6.07, 6.45) is 15.6. The first kappa shape index (κ1) is 27.8. The third-order valence-corrected chi connectivity index (χ3v) is 6.43. The summed E-state index contributed by atoms with van der Waals surface area (Å²) in [6.45, 7) is 2.31. The fourth-order valence-electron chi connectivity index (χ4n) is 4.42. The molecule has 1 aliphatic heterocycles. The lowest BCUT2D eigenvalue weighted by atomic mass is 10.0. The zero-order valence-corrected chi connectivity index (χ0v) is 20.3. The Hall–Kier alpha value is -1.48. The second kappa shape index (κ2) is 16.2. The number of aromatic nitrogens is 2. The summed E-state index contributed by atoms with van der Waals surface area (Å²) < 4.78 is 12.7. The number of unbranched alkanes of at least 4 members (excludes halogenated alkanes) is 13. The zero-order valence-electron chi connectivity index (χ0n) is 20.3. The van der Waals surface area contributed by atoms with Gasteiger partial charge in [0.15, 0.2) is 6.23 Å². The van der Waals surface area contributed by atoms with E-state index in [9.17, 15) is 19.8 Å². The molecule has 1 saturated heterocycles. The van der Waals surface area contributed by atoms with E-state index < -0.39 is 35.8 Å². The maximum atomic E-state index is 12.1. The van der Waals surface area contributed by atoms with Crippen molar-refractivity contribution in [3.63, 3.8) is 0 Å². The lowest BCUT2D eigenvalue weighted by Gasteiger charge is -2.22. The quantitative estimate of drug-likeness (QED) is 0.283. The van der Waals surface area contributed by atoms with Gasteiger partial charge in [-0.15, -0.1) is 0 Å². The number of hydrogen-bond acceptors (Lipinski definition) is 6. The number of aliphatic hydroxyl groups is 2. The predicted octanol–water partition coefficient (Wildman–Crippen LogP) is 3.65. The van der Waals surface area contributed by atoms with E-state index in [-0.39, 0.29) is 6.61 Å². The summed E-state index contributed by atoms with van der Waals surface area (Å²) in [7, 11) is 0. The van der Waals surface area contributed by atoms with E-state index in [0.29, 0.717) is 6.61 Å².